The molecule has 1 aromatic heterocycles. The van der Waals surface area contributed by atoms with Crippen LogP contribution in [0.5, 0.6) is 0 Å². The van der Waals surface area contributed by atoms with Crippen LogP contribution in [-0.4, -0.2) is 72.4 Å². The molecule has 0 aromatic carbocycles. The summed E-state index contributed by atoms with van der Waals surface area (Å²) >= 11 is 0. The SMILES string of the molecule is COC[C@@H](NC(=O)C1CCN(C(=O)N(C)C)CC1)c1ccnn1C. The highest BCUT2D eigenvalue weighted by atomic mass is 16.5. The number of nitrogens with one attached hydrogen (secondary N) is 1. The molecule has 24 heavy (non-hydrogen) atoms. The van der Waals surface area contributed by atoms with E-state index in [0.717, 1.165) is 5.69 Å². The van der Waals surface area contributed by atoms with Gasteiger partial charge in [0.1, 0.15) is 0 Å². The van der Waals surface area contributed by atoms with Gasteiger partial charge in [-0.05, 0) is 18.9 Å². The maximum Gasteiger partial charge on any atom is 0.319 e. The number of hydrogen-bond donors (Lipinski definition) is 1. The van der Waals surface area contributed by atoms with Crippen LogP contribution >= 0.6 is 0 Å². The number of amides is 3. The Balaban J connectivity index is 1.92. The number of nitrogens with zero attached hydrogens (tertiary/aromatic N) is 4. The van der Waals surface area contributed by atoms with E-state index in [2.05, 4.69) is 10.4 Å². The van der Waals surface area contributed by atoms with Gasteiger partial charge in [0.15, 0.2) is 0 Å². The number of aromatic nitrogens is 2. The number of hydrogen-bond acceptors (Lipinski definition) is 4. The zero-order valence-electron chi connectivity index (χ0n) is 14.9. The lowest BCUT2D eigenvalue weighted by Gasteiger charge is -2.33. The largest absolute Gasteiger partial charge is 0.382 e. The highest BCUT2D eigenvalue weighted by Crippen LogP contribution is 2.20. The summed E-state index contributed by atoms with van der Waals surface area (Å²) in [6.07, 6.45) is 3.06. The summed E-state index contributed by atoms with van der Waals surface area (Å²) in [5.74, 6) is -0.0704. The molecule has 0 bridgehead atoms. The van der Waals surface area contributed by atoms with E-state index in [1.54, 1.807) is 41.9 Å². The summed E-state index contributed by atoms with van der Waals surface area (Å²) in [4.78, 5) is 27.9. The third-order valence-electron chi connectivity index (χ3n) is 4.38. The molecule has 1 N–H and O–H groups in total. The van der Waals surface area contributed by atoms with Crippen LogP contribution in [0.4, 0.5) is 4.79 Å². The zero-order chi connectivity index (χ0) is 17.7. The zero-order valence-corrected chi connectivity index (χ0v) is 14.9. The first-order valence-corrected chi connectivity index (χ1v) is 8.17. The molecule has 0 aliphatic carbocycles. The van der Waals surface area contributed by atoms with E-state index in [0.29, 0.717) is 32.5 Å². The van der Waals surface area contributed by atoms with Crippen LogP contribution in [0.1, 0.15) is 24.6 Å². The molecular formula is C16H27N5O3. The van der Waals surface area contributed by atoms with Gasteiger partial charge in [-0.25, -0.2) is 4.79 Å². The second-order valence-corrected chi connectivity index (χ2v) is 6.33. The predicted molar refractivity (Wildman–Crippen MR) is 89.3 cm³/mol. The van der Waals surface area contributed by atoms with E-state index in [1.807, 2.05) is 13.1 Å². The molecule has 1 aliphatic heterocycles. The molecule has 1 atom stereocenters. The first-order chi connectivity index (χ1) is 11.4. The normalized spacial score (nSPS) is 16.8. The lowest BCUT2D eigenvalue weighted by molar-refractivity contribution is -0.127. The van der Waals surface area contributed by atoms with Crippen LogP contribution in [0, 0.1) is 5.92 Å². The van der Waals surface area contributed by atoms with E-state index in [-0.39, 0.29) is 23.9 Å². The van der Waals surface area contributed by atoms with E-state index < -0.39 is 0 Å². The summed E-state index contributed by atoms with van der Waals surface area (Å²) in [6.45, 7) is 1.61. The number of likely N-dealkylation sites (tertiary alicyclic amines) is 1. The van der Waals surface area contributed by atoms with Crippen molar-refractivity contribution in [3.05, 3.63) is 18.0 Å². The monoisotopic (exact) mass is 337 g/mol. The Morgan fingerprint density at radius 2 is 2.08 bits per heavy atom. The quantitative estimate of drug-likeness (QED) is 0.854. The molecule has 0 unspecified atom stereocenters. The van der Waals surface area contributed by atoms with Crippen molar-refractivity contribution in [1.82, 2.24) is 24.9 Å². The summed E-state index contributed by atoms with van der Waals surface area (Å²) < 4.78 is 6.97. The van der Waals surface area contributed by atoms with Gasteiger partial charge in [-0.1, -0.05) is 0 Å². The van der Waals surface area contributed by atoms with Gasteiger partial charge in [0.25, 0.3) is 0 Å². The lowest BCUT2D eigenvalue weighted by Crippen LogP contribution is -2.47. The topological polar surface area (TPSA) is 79.7 Å². The summed E-state index contributed by atoms with van der Waals surface area (Å²) in [5, 5.41) is 7.21. The highest BCUT2D eigenvalue weighted by Gasteiger charge is 2.29. The summed E-state index contributed by atoms with van der Waals surface area (Å²) in [7, 11) is 6.94. The smallest absolute Gasteiger partial charge is 0.319 e. The Labute approximate surface area is 142 Å². The summed E-state index contributed by atoms with van der Waals surface area (Å²) in [6, 6.07) is 1.65. The fourth-order valence-corrected chi connectivity index (χ4v) is 3.00. The average Bonchev–Trinajstić information content (AvgIpc) is 2.99. The van der Waals surface area contributed by atoms with Crippen LogP contribution in [-0.2, 0) is 16.6 Å². The van der Waals surface area contributed by atoms with Crippen LogP contribution < -0.4 is 5.32 Å². The van der Waals surface area contributed by atoms with Crippen molar-refractivity contribution in [3.63, 3.8) is 0 Å². The molecule has 8 heteroatoms. The van der Waals surface area contributed by atoms with Crippen LogP contribution in [0.2, 0.25) is 0 Å². The van der Waals surface area contributed by atoms with Crippen molar-refractivity contribution in [2.24, 2.45) is 13.0 Å². The van der Waals surface area contributed by atoms with Crippen molar-refractivity contribution in [2.75, 3.05) is 40.9 Å². The molecule has 1 fully saturated rings. The highest BCUT2D eigenvalue weighted by molar-refractivity contribution is 5.80. The van der Waals surface area contributed by atoms with Gasteiger partial charge in [-0.2, -0.15) is 5.10 Å². The minimum Gasteiger partial charge on any atom is -0.382 e. The fourth-order valence-electron chi connectivity index (χ4n) is 3.00. The average molecular weight is 337 g/mol. The molecule has 8 nitrogen and oxygen atoms in total. The van der Waals surface area contributed by atoms with Crippen LogP contribution in [0.3, 0.4) is 0 Å². The second kappa shape index (κ2) is 8.14. The maximum absolute atomic E-state index is 12.6. The van der Waals surface area contributed by atoms with Crippen molar-refractivity contribution < 1.29 is 14.3 Å². The Hall–Kier alpha value is -2.09. The van der Waals surface area contributed by atoms with Gasteiger partial charge in [0, 0.05) is 53.5 Å². The third kappa shape index (κ3) is 4.25. The molecule has 2 heterocycles. The Morgan fingerprint density at radius 3 is 2.58 bits per heavy atom. The molecule has 1 aromatic rings. The first-order valence-electron chi connectivity index (χ1n) is 8.17. The maximum atomic E-state index is 12.6. The summed E-state index contributed by atoms with van der Waals surface area (Å²) in [5.41, 5.74) is 0.908. The fraction of sp³-hybridized carbons (Fsp3) is 0.688. The van der Waals surface area contributed by atoms with Crippen molar-refractivity contribution in [1.29, 1.82) is 0 Å². The molecule has 2 rings (SSSR count). The van der Waals surface area contributed by atoms with E-state index in [4.69, 9.17) is 4.74 Å². The molecule has 1 aliphatic rings. The van der Waals surface area contributed by atoms with Crippen molar-refractivity contribution in [3.8, 4) is 0 Å². The van der Waals surface area contributed by atoms with E-state index in [9.17, 15) is 9.59 Å². The van der Waals surface area contributed by atoms with Crippen LogP contribution in [0.25, 0.3) is 0 Å². The second-order valence-electron chi connectivity index (χ2n) is 6.33. The number of aryl methyl sites for hydroxylation is 1. The number of rotatable bonds is 5. The lowest BCUT2D eigenvalue weighted by atomic mass is 9.95. The number of carbonyl (C=O) groups is 2. The van der Waals surface area contributed by atoms with Gasteiger partial charge >= 0.3 is 6.03 Å². The standard InChI is InChI=1S/C16H27N5O3/c1-19(2)16(23)21-9-6-12(7-10-21)15(22)18-13(11-24-4)14-5-8-17-20(14)3/h5,8,12-13H,6-7,9-11H2,1-4H3,(H,18,22)/t13-/m1/s1. The van der Waals surface area contributed by atoms with Crippen molar-refractivity contribution >= 4 is 11.9 Å². The molecule has 1 saturated heterocycles. The number of urea groups is 1. The minimum atomic E-state index is -0.226. The van der Waals surface area contributed by atoms with E-state index >= 15 is 0 Å². The van der Waals surface area contributed by atoms with Crippen molar-refractivity contribution in [2.45, 2.75) is 18.9 Å². The molecule has 134 valence electrons. The number of piperidine rings is 1. The van der Waals surface area contributed by atoms with Gasteiger partial charge in [-0.15, -0.1) is 0 Å². The number of ether oxygens (including phenoxy) is 1. The van der Waals surface area contributed by atoms with Gasteiger partial charge in [0.2, 0.25) is 5.91 Å². The van der Waals surface area contributed by atoms with Crippen LogP contribution in [0.15, 0.2) is 12.3 Å². The minimum absolute atomic E-state index is 0.000928. The third-order valence-corrected chi connectivity index (χ3v) is 4.38. The molecule has 0 radical (unpaired) electrons. The first kappa shape index (κ1) is 18.3. The Morgan fingerprint density at radius 1 is 1.42 bits per heavy atom. The predicted octanol–water partition coefficient (Wildman–Crippen LogP) is 0.617. The van der Waals surface area contributed by atoms with E-state index in [1.165, 1.54) is 0 Å². The Kier molecular flexibility index (Phi) is 6.19. The van der Waals surface area contributed by atoms with Gasteiger partial charge in [-0.3, -0.25) is 9.48 Å². The molecule has 0 spiro atoms. The van der Waals surface area contributed by atoms with Gasteiger partial charge < -0.3 is 19.9 Å². The molecule has 3 amide bonds. The van der Waals surface area contributed by atoms with Gasteiger partial charge in [0.05, 0.1) is 18.3 Å². The number of methoxy groups -OCH3 is 1. The molecule has 0 saturated carbocycles. The number of carbonyl (C=O) groups excluding carboxylic acids is 2. The molecular weight excluding hydrogens is 310 g/mol. The Bertz CT molecular complexity index is 564.